The van der Waals surface area contributed by atoms with Crippen LogP contribution in [-0.4, -0.2) is 58.5 Å². The normalized spacial score (nSPS) is 11.4. The van der Waals surface area contributed by atoms with Gasteiger partial charge in [-0.15, -0.1) is 0 Å². The lowest BCUT2D eigenvalue weighted by atomic mass is 10.1. The number of carboxylic acid groups (broad SMARTS) is 2. The highest BCUT2D eigenvalue weighted by Crippen LogP contribution is 2.29. The molecule has 0 aliphatic rings. The van der Waals surface area contributed by atoms with Crippen molar-refractivity contribution in [2.24, 2.45) is 0 Å². The summed E-state index contributed by atoms with van der Waals surface area (Å²) in [5, 5.41) is 26.3. The number of hydrogen-bond acceptors (Lipinski definition) is 6. The highest BCUT2D eigenvalue weighted by molar-refractivity contribution is 6.42. The molecule has 0 saturated heterocycles. The second kappa shape index (κ2) is 20.7. The monoisotopic (exact) mass is 874 g/mol. The van der Waals surface area contributed by atoms with E-state index in [4.69, 9.17) is 55.9 Å². The van der Waals surface area contributed by atoms with Gasteiger partial charge in [-0.2, -0.15) is 0 Å². The van der Waals surface area contributed by atoms with E-state index in [9.17, 15) is 29.4 Å². The lowest BCUT2D eigenvalue weighted by Crippen LogP contribution is -2.40. The number of hydrogen-bond donors (Lipinski definition) is 4. The molecule has 0 saturated carbocycles. The number of nitrogens with one attached hydrogen (secondary N) is 2. The summed E-state index contributed by atoms with van der Waals surface area (Å²) in [6.07, 6.45) is 2.95. The van der Waals surface area contributed by atoms with Gasteiger partial charge in [0.15, 0.2) is 11.2 Å². The van der Waals surface area contributed by atoms with Gasteiger partial charge in [-0.3, -0.25) is 9.80 Å². The van der Waals surface area contributed by atoms with Crippen molar-refractivity contribution in [3.8, 4) is 11.5 Å². The highest BCUT2D eigenvalue weighted by atomic mass is 35.5. The minimum absolute atomic E-state index is 0.187. The molecule has 0 atom stereocenters. The summed E-state index contributed by atoms with van der Waals surface area (Å²) in [5.74, 6) is -1.55. The molecule has 0 aliphatic carbocycles. The van der Waals surface area contributed by atoms with Gasteiger partial charge in [0.2, 0.25) is 0 Å². The summed E-state index contributed by atoms with van der Waals surface area (Å²) in [4.78, 5) is 53.2. The van der Waals surface area contributed by atoms with Crippen LogP contribution in [0.15, 0.2) is 84.9 Å². The fraction of sp³-hybridized carbons (Fsp3) is 0.333. The lowest BCUT2D eigenvalue weighted by Gasteiger charge is -2.25. The number of unbranched alkanes of at least 4 members (excludes halogenated alkanes) is 3. The molecule has 4 N–H and O–H groups in total. The van der Waals surface area contributed by atoms with E-state index in [1.165, 1.54) is 27.7 Å². The van der Waals surface area contributed by atoms with Gasteiger partial charge in [-0.25, -0.2) is 19.2 Å². The molecule has 0 aromatic heterocycles. The van der Waals surface area contributed by atoms with Crippen LogP contribution in [0.4, 0.5) is 21.0 Å². The second-order valence-electron chi connectivity index (χ2n) is 14.4. The molecule has 4 aromatic rings. The Balaban J connectivity index is 1.31. The average Bonchev–Trinajstić information content (AvgIpc) is 3.17. The first-order chi connectivity index (χ1) is 27.4. The molecule has 4 amide bonds. The third kappa shape index (κ3) is 13.3. The van der Waals surface area contributed by atoms with E-state index < -0.39 is 23.1 Å². The summed E-state index contributed by atoms with van der Waals surface area (Å²) >= 11 is 24.7. The van der Waals surface area contributed by atoms with Crippen LogP contribution in [0.2, 0.25) is 20.1 Å². The molecule has 0 bridgehead atoms. The van der Waals surface area contributed by atoms with Crippen molar-refractivity contribution in [2.45, 2.75) is 77.7 Å². The summed E-state index contributed by atoms with van der Waals surface area (Å²) < 4.78 is 11.2. The van der Waals surface area contributed by atoms with Gasteiger partial charge in [0.25, 0.3) is 0 Å². The molecule has 0 unspecified atom stereocenters. The van der Waals surface area contributed by atoms with Gasteiger partial charge >= 0.3 is 24.0 Å². The van der Waals surface area contributed by atoms with Crippen molar-refractivity contribution in [2.75, 3.05) is 22.9 Å². The largest absolute Gasteiger partial charge is 0.478 e. The molecule has 4 aromatic carbocycles. The Hall–Kier alpha value is -4.88. The Morgan fingerprint density at radius 1 is 0.534 bits per heavy atom. The van der Waals surface area contributed by atoms with Gasteiger partial charge < -0.3 is 30.3 Å². The average molecular weight is 877 g/mol. The van der Waals surface area contributed by atoms with Crippen LogP contribution in [-0.2, 0) is 22.7 Å². The van der Waals surface area contributed by atoms with E-state index in [2.05, 4.69) is 10.6 Å². The molecular formula is C42H46Cl4N4O8. The zero-order chi connectivity index (χ0) is 42.6. The Morgan fingerprint density at radius 3 is 1.19 bits per heavy atom. The number of amides is 4. The van der Waals surface area contributed by atoms with E-state index in [1.807, 2.05) is 0 Å². The highest BCUT2D eigenvalue weighted by Gasteiger charge is 2.30. The number of aliphatic carboxylic acids is 2. The number of carbonyl (C=O) groups is 4. The van der Waals surface area contributed by atoms with Gasteiger partial charge in [-0.05, 0) is 124 Å². The maximum atomic E-state index is 13.5. The number of nitrogens with zero attached hydrogens (tertiary/aromatic N) is 2. The second-order valence-corrected chi connectivity index (χ2v) is 16.0. The van der Waals surface area contributed by atoms with Crippen molar-refractivity contribution in [3.63, 3.8) is 0 Å². The molecule has 0 fully saturated rings. The van der Waals surface area contributed by atoms with Gasteiger partial charge in [-0.1, -0.05) is 71.4 Å². The van der Waals surface area contributed by atoms with Crippen molar-refractivity contribution >= 4 is 81.8 Å². The van der Waals surface area contributed by atoms with Crippen molar-refractivity contribution in [3.05, 3.63) is 116 Å². The molecule has 0 aliphatic heterocycles. The summed E-state index contributed by atoms with van der Waals surface area (Å²) in [5.41, 5.74) is -0.267. The zero-order valence-corrected chi connectivity index (χ0v) is 35.5. The maximum absolute atomic E-state index is 13.5. The standard InChI is InChI=1S/C42H46Cl4N4O8/c1-41(2,37(51)52)57-31-15-11-29(12-16-31)49(25-27-9-19-33(43)35(45)23-27)39(55)47-21-7-5-6-8-22-48-40(56)50(26-28-10-20-34(44)36(46)24-28)30-13-17-32(18-14-30)58-42(3,4)38(53)54/h9-20,23-24H,5-8,21-22,25-26H2,1-4H3,(H,47,55)(H,48,56)(H,51,52)(H,53,54). The minimum atomic E-state index is -1.44. The number of ether oxygens (including phenoxy) is 2. The number of anilines is 2. The van der Waals surface area contributed by atoms with Crippen LogP contribution in [0.5, 0.6) is 11.5 Å². The quantitative estimate of drug-likeness (QED) is 0.0678. The number of carboxylic acids is 2. The predicted molar refractivity (Wildman–Crippen MR) is 228 cm³/mol. The number of benzene rings is 4. The lowest BCUT2D eigenvalue weighted by molar-refractivity contribution is -0.152. The van der Waals surface area contributed by atoms with Gasteiger partial charge in [0.05, 0.1) is 33.2 Å². The number of rotatable bonds is 19. The SMILES string of the molecule is CC(C)(Oc1ccc(N(Cc2ccc(Cl)c(Cl)c2)C(=O)NCCCCCCNC(=O)N(Cc2ccc(Cl)c(Cl)c2)c2ccc(OC(C)(C)C(=O)O)cc2)cc1)C(=O)O. The van der Waals surface area contributed by atoms with E-state index in [0.29, 0.717) is 68.9 Å². The molecule has 0 heterocycles. The third-order valence-corrected chi connectivity index (χ3v) is 10.3. The fourth-order valence-electron chi connectivity index (χ4n) is 5.45. The Bertz CT molecular complexity index is 1920. The molecule has 12 nitrogen and oxygen atoms in total. The number of urea groups is 2. The first-order valence-corrected chi connectivity index (χ1v) is 19.9. The molecule has 0 spiro atoms. The number of carbonyl (C=O) groups excluding carboxylic acids is 2. The molecule has 310 valence electrons. The topological polar surface area (TPSA) is 158 Å². The molecule has 16 heteroatoms. The summed E-state index contributed by atoms with van der Waals surface area (Å²) in [6, 6.07) is 22.7. The first-order valence-electron chi connectivity index (χ1n) is 18.4. The van der Waals surface area contributed by atoms with Gasteiger partial charge in [0, 0.05) is 24.5 Å². The van der Waals surface area contributed by atoms with Gasteiger partial charge in [0.1, 0.15) is 11.5 Å². The predicted octanol–water partition coefficient (Wildman–Crippen LogP) is 10.5. The minimum Gasteiger partial charge on any atom is -0.478 e. The van der Waals surface area contributed by atoms with E-state index in [-0.39, 0.29) is 25.2 Å². The maximum Gasteiger partial charge on any atom is 0.347 e. The molecule has 58 heavy (non-hydrogen) atoms. The van der Waals surface area contributed by atoms with Crippen molar-refractivity contribution in [1.82, 2.24) is 10.6 Å². The number of halogens is 4. The molecular weight excluding hydrogens is 830 g/mol. The fourth-order valence-corrected chi connectivity index (χ4v) is 6.09. The van der Waals surface area contributed by atoms with Crippen molar-refractivity contribution < 1.29 is 38.9 Å². The van der Waals surface area contributed by atoms with E-state index >= 15 is 0 Å². The van der Waals surface area contributed by atoms with Crippen LogP contribution in [0.25, 0.3) is 0 Å². The summed E-state index contributed by atoms with van der Waals surface area (Å²) in [7, 11) is 0. The molecule has 0 radical (unpaired) electrons. The van der Waals surface area contributed by atoms with Crippen LogP contribution in [0.1, 0.15) is 64.5 Å². The Labute approximate surface area is 357 Å². The Morgan fingerprint density at radius 2 is 0.879 bits per heavy atom. The smallest absolute Gasteiger partial charge is 0.347 e. The van der Waals surface area contributed by atoms with Crippen LogP contribution in [0, 0.1) is 0 Å². The summed E-state index contributed by atoms with van der Waals surface area (Å²) in [6.45, 7) is 6.97. The van der Waals surface area contributed by atoms with E-state index in [0.717, 1.165) is 24.0 Å². The molecule has 4 rings (SSSR count). The third-order valence-electron chi connectivity index (χ3n) is 8.87. The Kier molecular flexibility index (Phi) is 16.4. The van der Waals surface area contributed by atoms with Crippen LogP contribution in [0.3, 0.4) is 0 Å². The zero-order valence-electron chi connectivity index (χ0n) is 32.5. The van der Waals surface area contributed by atoms with Crippen molar-refractivity contribution in [1.29, 1.82) is 0 Å². The van der Waals surface area contributed by atoms with Crippen LogP contribution < -0.4 is 29.9 Å². The van der Waals surface area contributed by atoms with Crippen LogP contribution >= 0.6 is 46.4 Å². The first kappa shape index (κ1) is 45.8. The van der Waals surface area contributed by atoms with E-state index in [1.54, 1.807) is 94.7 Å².